The lowest BCUT2D eigenvalue weighted by atomic mass is 9.89. The minimum Gasteiger partial charge on any atom is -0.381 e. The van der Waals surface area contributed by atoms with Gasteiger partial charge in [-0.1, -0.05) is 18.2 Å². The van der Waals surface area contributed by atoms with Crippen molar-refractivity contribution in [2.24, 2.45) is 0 Å². The molecule has 19 heavy (non-hydrogen) atoms. The predicted molar refractivity (Wildman–Crippen MR) is 76.3 cm³/mol. The Labute approximate surface area is 113 Å². The molecule has 0 radical (unpaired) electrons. The fourth-order valence-electron chi connectivity index (χ4n) is 3.79. The van der Waals surface area contributed by atoms with Gasteiger partial charge < -0.3 is 9.72 Å². The Kier molecular flexibility index (Phi) is 2.64. The summed E-state index contributed by atoms with van der Waals surface area (Å²) < 4.78 is 5.59. The van der Waals surface area contributed by atoms with E-state index >= 15 is 0 Å². The summed E-state index contributed by atoms with van der Waals surface area (Å²) in [7, 11) is 1.84. The van der Waals surface area contributed by atoms with E-state index in [0.717, 1.165) is 13.0 Å². The lowest BCUT2D eigenvalue weighted by Gasteiger charge is -2.41. The first-order valence-electron chi connectivity index (χ1n) is 7.23. The molecule has 3 heteroatoms. The van der Waals surface area contributed by atoms with Crippen LogP contribution in [0, 0.1) is 0 Å². The summed E-state index contributed by atoms with van der Waals surface area (Å²) in [6.45, 7) is 2.36. The van der Waals surface area contributed by atoms with E-state index in [2.05, 4.69) is 34.1 Å². The van der Waals surface area contributed by atoms with Crippen molar-refractivity contribution in [2.45, 2.75) is 31.4 Å². The summed E-state index contributed by atoms with van der Waals surface area (Å²) in [6.07, 6.45) is 3.88. The standard InChI is InChI=1S/C16H20N2O/c1-19-11-6-8-18-9-7-13-12-4-2-3-5-14(12)17-16(13)15(18)10-11/h2-5,11,15,17H,6-10H2,1H3. The molecule has 3 heterocycles. The van der Waals surface area contributed by atoms with Gasteiger partial charge in [-0.25, -0.2) is 0 Å². The van der Waals surface area contributed by atoms with Gasteiger partial charge in [-0.2, -0.15) is 0 Å². The summed E-state index contributed by atoms with van der Waals surface area (Å²) in [4.78, 5) is 6.28. The molecule has 100 valence electrons. The van der Waals surface area contributed by atoms with Crippen LogP contribution in [0.2, 0.25) is 0 Å². The van der Waals surface area contributed by atoms with Crippen LogP contribution in [-0.2, 0) is 11.2 Å². The van der Waals surface area contributed by atoms with Crippen LogP contribution in [0.1, 0.15) is 30.1 Å². The molecule has 4 rings (SSSR count). The molecule has 1 N–H and O–H groups in total. The highest BCUT2D eigenvalue weighted by Gasteiger charge is 2.35. The minimum atomic E-state index is 0.415. The van der Waals surface area contributed by atoms with Crippen molar-refractivity contribution >= 4 is 10.9 Å². The van der Waals surface area contributed by atoms with Crippen molar-refractivity contribution < 1.29 is 4.74 Å². The third-order valence-corrected chi connectivity index (χ3v) is 4.83. The van der Waals surface area contributed by atoms with Gasteiger partial charge in [0.25, 0.3) is 0 Å². The molecule has 3 nitrogen and oxygen atoms in total. The van der Waals surface area contributed by atoms with E-state index in [-0.39, 0.29) is 0 Å². The largest absolute Gasteiger partial charge is 0.381 e. The zero-order chi connectivity index (χ0) is 12.8. The Morgan fingerprint density at radius 1 is 1.26 bits per heavy atom. The molecule has 2 unspecified atom stereocenters. The molecule has 1 aromatic carbocycles. The quantitative estimate of drug-likeness (QED) is 0.849. The maximum atomic E-state index is 5.59. The summed E-state index contributed by atoms with van der Waals surface area (Å²) in [6, 6.07) is 9.21. The van der Waals surface area contributed by atoms with E-state index in [1.165, 1.54) is 41.5 Å². The highest BCUT2D eigenvalue weighted by Crippen LogP contribution is 2.39. The number of ether oxygens (including phenoxy) is 1. The molecular weight excluding hydrogens is 236 g/mol. The molecule has 2 aliphatic rings. The van der Waals surface area contributed by atoms with E-state index in [4.69, 9.17) is 4.74 Å². The Balaban J connectivity index is 1.80. The smallest absolute Gasteiger partial charge is 0.0602 e. The van der Waals surface area contributed by atoms with Crippen molar-refractivity contribution in [3.63, 3.8) is 0 Å². The molecule has 0 spiro atoms. The van der Waals surface area contributed by atoms with Crippen molar-refractivity contribution in [3.05, 3.63) is 35.5 Å². The maximum Gasteiger partial charge on any atom is 0.0602 e. The number of aromatic amines is 1. The first-order chi connectivity index (χ1) is 9.36. The first-order valence-corrected chi connectivity index (χ1v) is 7.23. The van der Waals surface area contributed by atoms with Gasteiger partial charge in [0.15, 0.2) is 0 Å². The number of H-pyrrole nitrogens is 1. The fraction of sp³-hybridized carbons (Fsp3) is 0.500. The van der Waals surface area contributed by atoms with Gasteiger partial charge in [-0.05, 0) is 30.9 Å². The van der Waals surface area contributed by atoms with Gasteiger partial charge in [0, 0.05) is 36.8 Å². The third-order valence-electron chi connectivity index (χ3n) is 4.83. The van der Waals surface area contributed by atoms with Crippen molar-refractivity contribution in [2.75, 3.05) is 20.2 Å². The monoisotopic (exact) mass is 256 g/mol. The normalized spacial score (nSPS) is 27.2. The average Bonchev–Trinajstić information content (AvgIpc) is 2.85. The zero-order valence-corrected chi connectivity index (χ0v) is 11.4. The number of para-hydroxylation sites is 1. The number of fused-ring (bicyclic) bond motifs is 5. The van der Waals surface area contributed by atoms with Crippen LogP contribution in [0.5, 0.6) is 0 Å². The van der Waals surface area contributed by atoms with E-state index in [1.54, 1.807) is 0 Å². The predicted octanol–water partition coefficient (Wildman–Crippen LogP) is 2.88. The Morgan fingerprint density at radius 2 is 2.16 bits per heavy atom. The van der Waals surface area contributed by atoms with E-state index < -0.39 is 0 Å². The lowest BCUT2D eigenvalue weighted by molar-refractivity contribution is 0.00572. The number of nitrogens with one attached hydrogen (secondary N) is 1. The number of aromatic nitrogens is 1. The van der Waals surface area contributed by atoms with Gasteiger partial charge >= 0.3 is 0 Å². The molecule has 0 saturated carbocycles. The molecule has 1 fully saturated rings. The number of rotatable bonds is 1. The Bertz CT molecular complexity index is 604. The molecule has 0 aliphatic carbocycles. The molecular formula is C16H20N2O. The second-order valence-electron chi connectivity index (χ2n) is 5.75. The topological polar surface area (TPSA) is 28.3 Å². The van der Waals surface area contributed by atoms with Crippen molar-refractivity contribution in [3.8, 4) is 0 Å². The molecule has 2 aromatic rings. The van der Waals surface area contributed by atoms with Gasteiger partial charge in [0.05, 0.1) is 12.1 Å². The lowest BCUT2D eigenvalue weighted by Crippen LogP contribution is -2.43. The molecule has 1 saturated heterocycles. The number of methoxy groups -OCH3 is 1. The van der Waals surface area contributed by atoms with Crippen LogP contribution in [0.25, 0.3) is 10.9 Å². The molecule has 2 aliphatic heterocycles. The highest BCUT2D eigenvalue weighted by molar-refractivity contribution is 5.85. The Morgan fingerprint density at radius 3 is 3.05 bits per heavy atom. The van der Waals surface area contributed by atoms with Crippen molar-refractivity contribution in [1.82, 2.24) is 9.88 Å². The van der Waals surface area contributed by atoms with Crippen LogP contribution in [0.4, 0.5) is 0 Å². The van der Waals surface area contributed by atoms with Gasteiger partial charge in [0.2, 0.25) is 0 Å². The second-order valence-corrected chi connectivity index (χ2v) is 5.75. The molecule has 0 amide bonds. The summed E-state index contributed by atoms with van der Waals surface area (Å²) in [5, 5.41) is 1.41. The van der Waals surface area contributed by atoms with Crippen LogP contribution in [-0.4, -0.2) is 36.2 Å². The number of benzene rings is 1. The van der Waals surface area contributed by atoms with E-state index in [0.29, 0.717) is 12.1 Å². The van der Waals surface area contributed by atoms with Crippen molar-refractivity contribution in [1.29, 1.82) is 0 Å². The van der Waals surface area contributed by atoms with Gasteiger partial charge in [0.1, 0.15) is 0 Å². The van der Waals surface area contributed by atoms with Crippen LogP contribution in [0.15, 0.2) is 24.3 Å². The maximum absolute atomic E-state index is 5.59. The van der Waals surface area contributed by atoms with Gasteiger partial charge in [-0.15, -0.1) is 0 Å². The van der Waals surface area contributed by atoms with E-state index in [1.807, 2.05) is 7.11 Å². The number of nitrogens with zero attached hydrogens (tertiary/aromatic N) is 1. The molecule has 2 atom stereocenters. The number of hydrogen-bond donors (Lipinski definition) is 1. The number of piperidine rings is 1. The molecule has 0 bridgehead atoms. The fourth-order valence-corrected chi connectivity index (χ4v) is 3.79. The van der Waals surface area contributed by atoms with Crippen LogP contribution in [0.3, 0.4) is 0 Å². The van der Waals surface area contributed by atoms with Gasteiger partial charge in [-0.3, -0.25) is 4.90 Å². The summed E-state index contributed by atoms with van der Waals surface area (Å²) in [5.74, 6) is 0. The SMILES string of the molecule is COC1CCN2CCc3c([nH]c4ccccc34)C2C1. The molecule has 1 aromatic heterocycles. The highest BCUT2D eigenvalue weighted by atomic mass is 16.5. The Hall–Kier alpha value is -1.32. The van der Waals surface area contributed by atoms with E-state index in [9.17, 15) is 0 Å². The summed E-state index contributed by atoms with van der Waals surface area (Å²) >= 11 is 0. The third kappa shape index (κ3) is 1.72. The number of hydrogen-bond acceptors (Lipinski definition) is 2. The average molecular weight is 256 g/mol. The summed E-state index contributed by atoms with van der Waals surface area (Å²) in [5.41, 5.74) is 4.26. The first kappa shape index (κ1) is 11.5. The van der Waals surface area contributed by atoms with Crippen LogP contribution < -0.4 is 0 Å². The minimum absolute atomic E-state index is 0.415. The van der Waals surface area contributed by atoms with Crippen LogP contribution >= 0.6 is 0 Å². The second kappa shape index (κ2) is 4.36. The zero-order valence-electron chi connectivity index (χ0n) is 11.4.